The SMILES string of the molecule is C#CC1(c2ccccc2)O[Si](C(C)C)(C(C)C)C(C)C1C. The Labute approximate surface area is 131 Å². The minimum Gasteiger partial charge on any atom is -0.396 e. The number of hydrogen-bond acceptors (Lipinski definition) is 1. The van der Waals surface area contributed by atoms with Gasteiger partial charge in [-0.15, -0.1) is 6.42 Å². The van der Waals surface area contributed by atoms with Gasteiger partial charge in [-0.3, -0.25) is 0 Å². The fourth-order valence-corrected chi connectivity index (χ4v) is 10.4. The molecule has 21 heavy (non-hydrogen) atoms. The van der Waals surface area contributed by atoms with Gasteiger partial charge >= 0.3 is 0 Å². The Hall–Kier alpha value is -1.04. The van der Waals surface area contributed by atoms with Crippen molar-refractivity contribution in [2.75, 3.05) is 0 Å². The van der Waals surface area contributed by atoms with E-state index in [1.54, 1.807) is 0 Å². The van der Waals surface area contributed by atoms with Gasteiger partial charge in [0.1, 0.15) is 5.60 Å². The molecule has 0 amide bonds. The van der Waals surface area contributed by atoms with Crippen LogP contribution in [0.2, 0.25) is 16.6 Å². The average molecular weight is 301 g/mol. The van der Waals surface area contributed by atoms with E-state index >= 15 is 0 Å². The highest BCUT2D eigenvalue weighted by molar-refractivity contribution is 6.78. The maximum Gasteiger partial charge on any atom is 0.203 e. The molecule has 3 atom stereocenters. The number of hydrogen-bond donors (Lipinski definition) is 0. The Kier molecular flexibility index (Phi) is 4.38. The smallest absolute Gasteiger partial charge is 0.203 e. The van der Waals surface area contributed by atoms with Gasteiger partial charge in [0, 0.05) is 5.92 Å². The zero-order chi connectivity index (χ0) is 15.8. The quantitative estimate of drug-likeness (QED) is 0.541. The van der Waals surface area contributed by atoms with Crippen LogP contribution in [0.4, 0.5) is 0 Å². The van der Waals surface area contributed by atoms with Gasteiger partial charge in [0.15, 0.2) is 0 Å². The third-order valence-corrected chi connectivity index (χ3v) is 11.9. The summed E-state index contributed by atoms with van der Waals surface area (Å²) in [7, 11) is -1.94. The van der Waals surface area contributed by atoms with Crippen molar-refractivity contribution in [3.63, 3.8) is 0 Å². The van der Waals surface area contributed by atoms with Crippen LogP contribution < -0.4 is 0 Å². The lowest BCUT2D eigenvalue weighted by Crippen LogP contribution is -2.46. The van der Waals surface area contributed by atoms with Crippen LogP contribution in [0.5, 0.6) is 0 Å². The van der Waals surface area contributed by atoms with Crippen molar-refractivity contribution in [2.24, 2.45) is 5.92 Å². The summed E-state index contributed by atoms with van der Waals surface area (Å²) >= 11 is 0. The van der Waals surface area contributed by atoms with Gasteiger partial charge in [0.2, 0.25) is 8.32 Å². The lowest BCUT2D eigenvalue weighted by Gasteiger charge is -2.39. The molecule has 0 aromatic heterocycles. The second kappa shape index (κ2) is 5.63. The van der Waals surface area contributed by atoms with Crippen molar-refractivity contribution in [2.45, 2.75) is 63.8 Å². The van der Waals surface area contributed by atoms with Crippen molar-refractivity contribution in [1.82, 2.24) is 0 Å². The maximum absolute atomic E-state index is 6.92. The monoisotopic (exact) mass is 300 g/mol. The van der Waals surface area contributed by atoms with E-state index in [0.717, 1.165) is 5.56 Å². The van der Waals surface area contributed by atoms with E-state index in [4.69, 9.17) is 10.8 Å². The molecule has 1 aromatic rings. The fraction of sp³-hybridized carbons (Fsp3) is 0.579. The molecule has 1 aliphatic rings. The van der Waals surface area contributed by atoms with Gasteiger partial charge in [0.25, 0.3) is 0 Å². The van der Waals surface area contributed by atoms with Crippen LogP contribution in [0.3, 0.4) is 0 Å². The highest BCUT2D eigenvalue weighted by atomic mass is 28.4. The van der Waals surface area contributed by atoms with Gasteiger partial charge in [-0.25, -0.2) is 0 Å². The summed E-state index contributed by atoms with van der Waals surface area (Å²) in [6.07, 6.45) is 6.02. The Morgan fingerprint density at radius 2 is 1.62 bits per heavy atom. The first-order valence-electron chi connectivity index (χ1n) is 8.06. The minimum absolute atomic E-state index is 0.348. The Morgan fingerprint density at radius 1 is 1.10 bits per heavy atom. The molecule has 1 nitrogen and oxygen atoms in total. The zero-order valence-electron chi connectivity index (χ0n) is 14.2. The van der Waals surface area contributed by atoms with E-state index in [0.29, 0.717) is 22.5 Å². The number of terminal acetylenes is 1. The summed E-state index contributed by atoms with van der Waals surface area (Å²) in [6, 6.07) is 10.4. The highest BCUT2D eigenvalue weighted by Crippen LogP contribution is 2.59. The molecule has 2 heteroatoms. The van der Waals surface area contributed by atoms with Crippen LogP contribution in [-0.2, 0) is 10.0 Å². The molecule has 0 saturated carbocycles. The lowest BCUT2D eigenvalue weighted by molar-refractivity contribution is 0.101. The summed E-state index contributed by atoms with van der Waals surface area (Å²) in [5.74, 6) is 3.40. The second-order valence-electron chi connectivity index (χ2n) is 7.09. The van der Waals surface area contributed by atoms with Crippen LogP contribution in [0.25, 0.3) is 0 Å². The molecule has 3 unspecified atom stereocenters. The summed E-state index contributed by atoms with van der Waals surface area (Å²) in [6.45, 7) is 13.9. The Morgan fingerprint density at radius 3 is 2.00 bits per heavy atom. The van der Waals surface area contributed by atoms with Gasteiger partial charge in [0.05, 0.1) is 0 Å². The molecule has 0 bridgehead atoms. The largest absolute Gasteiger partial charge is 0.396 e. The molecule has 1 aliphatic heterocycles. The third kappa shape index (κ3) is 2.18. The predicted octanol–water partition coefficient (Wildman–Crippen LogP) is 5.34. The third-order valence-electron chi connectivity index (χ3n) is 5.66. The molecule has 2 rings (SSSR count). The topological polar surface area (TPSA) is 9.23 Å². The first kappa shape index (κ1) is 16.3. The van der Waals surface area contributed by atoms with Crippen molar-refractivity contribution in [1.29, 1.82) is 0 Å². The van der Waals surface area contributed by atoms with Crippen molar-refractivity contribution in [3.05, 3.63) is 35.9 Å². The molecular formula is C19H28OSi. The van der Waals surface area contributed by atoms with E-state index < -0.39 is 13.9 Å². The number of benzene rings is 1. The Balaban J connectivity index is 2.60. The van der Waals surface area contributed by atoms with Gasteiger partial charge in [-0.2, -0.15) is 0 Å². The molecule has 1 fully saturated rings. The van der Waals surface area contributed by atoms with E-state index in [2.05, 4.69) is 71.7 Å². The zero-order valence-corrected chi connectivity index (χ0v) is 15.2. The van der Waals surface area contributed by atoms with Crippen molar-refractivity contribution < 1.29 is 4.43 Å². The van der Waals surface area contributed by atoms with Crippen LogP contribution in [0.15, 0.2) is 30.3 Å². The normalized spacial score (nSPS) is 31.6. The van der Waals surface area contributed by atoms with Crippen molar-refractivity contribution >= 4 is 8.32 Å². The Bertz CT molecular complexity index is 520. The standard InChI is InChI=1S/C19H28OSi/c1-8-19(18-12-10-9-11-13-18)16(6)17(7)21(20-19,14(2)3)15(4)5/h1,9-17H,2-7H3. The van der Waals surface area contributed by atoms with Crippen LogP contribution >= 0.6 is 0 Å². The molecule has 0 spiro atoms. The van der Waals surface area contributed by atoms with E-state index in [1.807, 2.05) is 6.07 Å². The van der Waals surface area contributed by atoms with Crippen molar-refractivity contribution in [3.8, 4) is 12.3 Å². The highest BCUT2D eigenvalue weighted by Gasteiger charge is 2.63. The molecule has 0 N–H and O–H groups in total. The van der Waals surface area contributed by atoms with E-state index in [1.165, 1.54) is 0 Å². The van der Waals surface area contributed by atoms with Gasteiger partial charge in [-0.1, -0.05) is 77.8 Å². The van der Waals surface area contributed by atoms with Crippen LogP contribution in [0.1, 0.15) is 47.1 Å². The summed E-state index contributed by atoms with van der Waals surface area (Å²) in [5.41, 5.74) is 2.26. The minimum atomic E-state index is -1.94. The molecule has 1 aromatic carbocycles. The first-order chi connectivity index (χ1) is 9.83. The van der Waals surface area contributed by atoms with Gasteiger partial charge < -0.3 is 4.43 Å². The molecule has 0 radical (unpaired) electrons. The van der Waals surface area contributed by atoms with E-state index in [-0.39, 0.29) is 0 Å². The van der Waals surface area contributed by atoms with E-state index in [9.17, 15) is 0 Å². The average Bonchev–Trinajstić information content (AvgIpc) is 2.71. The molecule has 114 valence electrons. The maximum atomic E-state index is 6.92. The summed E-state index contributed by atoms with van der Waals surface area (Å²) in [4.78, 5) is 0. The molecular weight excluding hydrogens is 272 g/mol. The number of rotatable bonds is 3. The second-order valence-corrected chi connectivity index (χ2v) is 12.2. The molecule has 0 aliphatic carbocycles. The molecule has 1 saturated heterocycles. The first-order valence-corrected chi connectivity index (χ1v) is 10.2. The summed E-state index contributed by atoms with van der Waals surface area (Å²) in [5, 5.41) is 0. The fourth-order valence-electron chi connectivity index (χ4n) is 4.41. The van der Waals surface area contributed by atoms with Crippen LogP contribution in [0, 0.1) is 18.3 Å². The van der Waals surface area contributed by atoms with Gasteiger partial charge in [-0.05, 0) is 22.2 Å². The predicted molar refractivity (Wildman–Crippen MR) is 92.6 cm³/mol. The van der Waals surface area contributed by atoms with Crippen LogP contribution in [-0.4, -0.2) is 8.32 Å². The molecule has 1 heterocycles. The summed E-state index contributed by atoms with van der Waals surface area (Å²) < 4.78 is 6.92. The lowest BCUT2D eigenvalue weighted by atomic mass is 9.81.